The minimum absolute atomic E-state index is 0.361. The lowest BCUT2D eigenvalue weighted by Crippen LogP contribution is -2.19. The quantitative estimate of drug-likeness (QED) is 0.687. The largest absolute Gasteiger partial charge is 0.397 e. The SMILES string of the molecule is Nc1cc(NC(=O)Nc2ccc(Cl)c(Cl)c2)ccc1Cl. The zero-order valence-corrected chi connectivity index (χ0v) is 12.4. The molecule has 20 heavy (non-hydrogen) atoms. The van der Waals surface area contributed by atoms with Crippen LogP contribution in [0.15, 0.2) is 36.4 Å². The first-order chi connectivity index (χ1) is 9.45. The molecule has 0 bridgehead atoms. The van der Waals surface area contributed by atoms with Gasteiger partial charge in [-0.25, -0.2) is 4.79 Å². The molecule has 4 N–H and O–H groups in total. The highest BCUT2D eigenvalue weighted by Crippen LogP contribution is 2.25. The predicted octanol–water partition coefficient (Wildman–Crippen LogP) is 4.87. The van der Waals surface area contributed by atoms with Crippen LogP contribution < -0.4 is 16.4 Å². The second-order valence-electron chi connectivity index (χ2n) is 3.94. The first-order valence-electron chi connectivity index (χ1n) is 5.54. The van der Waals surface area contributed by atoms with E-state index in [9.17, 15) is 4.79 Å². The van der Waals surface area contributed by atoms with Crippen molar-refractivity contribution in [3.05, 3.63) is 51.5 Å². The van der Waals surface area contributed by atoms with Crippen molar-refractivity contribution in [1.82, 2.24) is 0 Å². The molecule has 0 aliphatic rings. The zero-order valence-electron chi connectivity index (χ0n) is 10.1. The normalized spacial score (nSPS) is 10.2. The van der Waals surface area contributed by atoms with Crippen LogP contribution in [0.5, 0.6) is 0 Å². The van der Waals surface area contributed by atoms with E-state index in [1.165, 1.54) is 0 Å². The minimum atomic E-state index is -0.426. The third-order valence-electron chi connectivity index (χ3n) is 2.43. The van der Waals surface area contributed by atoms with Gasteiger partial charge in [0, 0.05) is 11.4 Å². The van der Waals surface area contributed by atoms with E-state index in [1.54, 1.807) is 36.4 Å². The summed E-state index contributed by atoms with van der Waals surface area (Å²) in [5.41, 5.74) is 7.10. The van der Waals surface area contributed by atoms with E-state index in [0.29, 0.717) is 32.1 Å². The first kappa shape index (κ1) is 14.8. The molecular weight excluding hydrogens is 321 g/mol. The average Bonchev–Trinajstić information content (AvgIpc) is 2.38. The number of urea groups is 1. The fraction of sp³-hybridized carbons (Fsp3) is 0. The second kappa shape index (κ2) is 6.22. The molecule has 0 heterocycles. The molecule has 0 saturated heterocycles. The van der Waals surface area contributed by atoms with Crippen LogP contribution in [0.3, 0.4) is 0 Å². The fourth-order valence-electron chi connectivity index (χ4n) is 1.49. The number of carbonyl (C=O) groups is 1. The van der Waals surface area contributed by atoms with Gasteiger partial charge >= 0.3 is 6.03 Å². The van der Waals surface area contributed by atoms with Gasteiger partial charge in [0.25, 0.3) is 0 Å². The molecule has 2 amide bonds. The number of nitrogens with two attached hydrogens (primary N) is 1. The number of benzene rings is 2. The summed E-state index contributed by atoms with van der Waals surface area (Å²) in [4.78, 5) is 11.8. The molecule has 0 aliphatic heterocycles. The van der Waals surface area contributed by atoms with Gasteiger partial charge < -0.3 is 16.4 Å². The molecule has 2 aromatic carbocycles. The summed E-state index contributed by atoms with van der Waals surface area (Å²) in [6.07, 6.45) is 0. The standard InChI is InChI=1S/C13H10Cl3N3O/c14-9-3-1-7(5-11(9)16)18-13(20)19-8-2-4-10(15)12(17)6-8/h1-6H,17H2,(H2,18,19,20). The Bertz CT molecular complexity index is 606. The van der Waals surface area contributed by atoms with Crippen molar-refractivity contribution in [1.29, 1.82) is 0 Å². The third kappa shape index (κ3) is 3.70. The molecule has 2 aromatic rings. The van der Waals surface area contributed by atoms with Gasteiger partial charge in [-0.1, -0.05) is 34.8 Å². The molecule has 0 aromatic heterocycles. The lowest BCUT2D eigenvalue weighted by Gasteiger charge is -2.09. The highest BCUT2D eigenvalue weighted by Gasteiger charge is 2.06. The maximum Gasteiger partial charge on any atom is 0.323 e. The van der Waals surface area contributed by atoms with Crippen molar-refractivity contribution in [3.63, 3.8) is 0 Å². The van der Waals surface area contributed by atoms with Crippen LogP contribution >= 0.6 is 34.8 Å². The maximum atomic E-state index is 11.8. The van der Waals surface area contributed by atoms with E-state index < -0.39 is 6.03 Å². The van der Waals surface area contributed by atoms with E-state index >= 15 is 0 Å². The Morgan fingerprint density at radius 3 is 1.95 bits per heavy atom. The number of halogens is 3. The fourth-order valence-corrected chi connectivity index (χ4v) is 1.90. The molecule has 104 valence electrons. The van der Waals surface area contributed by atoms with Gasteiger partial charge in [-0.05, 0) is 36.4 Å². The molecule has 2 rings (SSSR count). The Morgan fingerprint density at radius 2 is 1.40 bits per heavy atom. The summed E-state index contributed by atoms with van der Waals surface area (Å²) in [5, 5.41) is 6.47. The van der Waals surface area contributed by atoms with Crippen molar-refractivity contribution >= 4 is 57.9 Å². The monoisotopic (exact) mass is 329 g/mol. The minimum Gasteiger partial charge on any atom is -0.397 e. The molecular formula is C13H10Cl3N3O. The number of rotatable bonds is 2. The lowest BCUT2D eigenvalue weighted by molar-refractivity contribution is 0.262. The van der Waals surface area contributed by atoms with Crippen LogP contribution in [0.4, 0.5) is 21.9 Å². The van der Waals surface area contributed by atoms with Crippen molar-refractivity contribution in [2.45, 2.75) is 0 Å². The van der Waals surface area contributed by atoms with Gasteiger partial charge in [0.15, 0.2) is 0 Å². The topological polar surface area (TPSA) is 67.1 Å². The number of hydrogen-bond acceptors (Lipinski definition) is 2. The van der Waals surface area contributed by atoms with E-state index in [2.05, 4.69) is 10.6 Å². The van der Waals surface area contributed by atoms with Crippen LogP contribution in [0.1, 0.15) is 0 Å². The van der Waals surface area contributed by atoms with Crippen LogP contribution in [0, 0.1) is 0 Å². The first-order valence-corrected chi connectivity index (χ1v) is 6.67. The summed E-state index contributed by atoms with van der Waals surface area (Å²) in [5.74, 6) is 0. The van der Waals surface area contributed by atoms with Crippen molar-refractivity contribution in [2.24, 2.45) is 0 Å². The van der Waals surface area contributed by atoms with Crippen LogP contribution in [-0.2, 0) is 0 Å². The van der Waals surface area contributed by atoms with Gasteiger partial charge in [-0.2, -0.15) is 0 Å². The van der Waals surface area contributed by atoms with E-state index in [-0.39, 0.29) is 0 Å². The summed E-state index contributed by atoms with van der Waals surface area (Å²) < 4.78 is 0. The average molecular weight is 331 g/mol. The Hall–Kier alpha value is -1.62. The van der Waals surface area contributed by atoms with Crippen LogP contribution in [0.2, 0.25) is 15.1 Å². The van der Waals surface area contributed by atoms with Crippen LogP contribution in [0.25, 0.3) is 0 Å². The predicted molar refractivity (Wildman–Crippen MR) is 85.0 cm³/mol. The Morgan fingerprint density at radius 1 is 0.850 bits per heavy atom. The molecule has 0 spiro atoms. The van der Waals surface area contributed by atoms with Gasteiger partial charge in [-0.3, -0.25) is 0 Å². The molecule has 0 unspecified atom stereocenters. The number of amides is 2. The number of carbonyl (C=O) groups excluding carboxylic acids is 1. The molecule has 7 heteroatoms. The number of hydrogen-bond donors (Lipinski definition) is 3. The van der Waals surface area contributed by atoms with Gasteiger partial charge in [0.05, 0.1) is 20.8 Å². The van der Waals surface area contributed by atoms with Crippen molar-refractivity contribution in [2.75, 3.05) is 16.4 Å². The van der Waals surface area contributed by atoms with Gasteiger partial charge in [-0.15, -0.1) is 0 Å². The molecule has 0 aliphatic carbocycles. The van der Waals surface area contributed by atoms with E-state index in [4.69, 9.17) is 40.5 Å². The Labute approximate surface area is 130 Å². The number of nitrogens with one attached hydrogen (secondary N) is 2. The number of nitrogen functional groups attached to an aromatic ring is 1. The number of anilines is 3. The molecule has 0 atom stereocenters. The zero-order chi connectivity index (χ0) is 14.7. The Balaban J connectivity index is 2.04. The third-order valence-corrected chi connectivity index (χ3v) is 3.51. The Kier molecular flexibility index (Phi) is 4.60. The lowest BCUT2D eigenvalue weighted by atomic mass is 10.3. The summed E-state index contributed by atoms with van der Waals surface area (Å²) in [6, 6.07) is 9.18. The smallest absolute Gasteiger partial charge is 0.323 e. The van der Waals surface area contributed by atoms with E-state index in [0.717, 1.165) is 0 Å². The van der Waals surface area contributed by atoms with E-state index in [1.807, 2.05) is 0 Å². The van der Waals surface area contributed by atoms with Gasteiger partial charge in [0.1, 0.15) is 0 Å². The summed E-state index contributed by atoms with van der Waals surface area (Å²) >= 11 is 17.5. The van der Waals surface area contributed by atoms with Crippen molar-refractivity contribution in [3.8, 4) is 0 Å². The maximum absolute atomic E-state index is 11.8. The molecule has 0 fully saturated rings. The van der Waals surface area contributed by atoms with Crippen molar-refractivity contribution < 1.29 is 4.79 Å². The highest BCUT2D eigenvalue weighted by molar-refractivity contribution is 6.42. The van der Waals surface area contributed by atoms with Gasteiger partial charge in [0.2, 0.25) is 0 Å². The molecule has 0 saturated carbocycles. The highest BCUT2D eigenvalue weighted by atomic mass is 35.5. The van der Waals surface area contributed by atoms with Crippen LogP contribution in [-0.4, -0.2) is 6.03 Å². The summed E-state index contributed by atoms with van der Waals surface area (Å²) in [6.45, 7) is 0. The molecule has 4 nitrogen and oxygen atoms in total. The second-order valence-corrected chi connectivity index (χ2v) is 5.17. The summed E-state index contributed by atoms with van der Waals surface area (Å²) in [7, 11) is 0. The molecule has 0 radical (unpaired) electrons.